The van der Waals surface area contributed by atoms with Crippen molar-refractivity contribution in [2.45, 2.75) is 24.7 Å². The lowest BCUT2D eigenvalue weighted by Gasteiger charge is -2.15. The molecule has 0 saturated carbocycles. The van der Waals surface area contributed by atoms with Gasteiger partial charge in [-0.05, 0) is 31.9 Å². The van der Waals surface area contributed by atoms with Crippen LogP contribution in [0.1, 0.15) is 30.1 Å². The zero-order valence-corrected chi connectivity index (χ0v) is 12.1. The molecular formula is C14H17NO4S. The van der Waals surface area contributed by atoms with Crippen molar-refractivity contribution in [2.24, 2.45) is 0 Å². The van der Waals surface area contributed by atoms with Crippen LogP contribution >= 0.6 is 0 Å². The molecule has 0 aliphatic carbocycles. The summed E-state index contributed by atoms with van der Waals surface area (Å²) in [6.45, 7) is 2.69. The molecule has 0 bridgehead atoms. The molecule has 0 aromatic heterocycles. The van der Waals surface area contributed by atoms with Crippen LogP contribution in [0.5, 0.6) is 0 Å². The first-order chi connectivity index (χ1) is 9.40. The van der Waals surface area contributed by atoms with E-state index in [1.54, 1.807) is 4.90 Å². The van der Waals surface area contributed by atoms with Crippen LogP contribution < -0.4 is 0 Å². The van der Waals surface area contributed by atoms with E-state index < -0.39 is 15.6 Å². The van der Waals surface area contributed by atoms with Crippen molar-refractivity contribution in [3.8, 4) is 0 Å². The highest BCUT2D eigenvalue weighted by atomic mass is 32.2. The number of sulfone groups is 1. The maximum Gasteiger partial charge on any atom is 0.238 e. The van der Waals surface area contributed by atoms with Gasteiger partial charge in [-0.2, -0.15) is 0 Å². The van der Waals surface area contributed by atoms with E-state index in [1.165, 1.54) is 31.2 Å². The molecule has 0 spiro atoms. The highest BCUT2D eigenvalue weighted by molar-refractivity contribution is 7.92. The second-order valence-corrected chi connectivity index (χ2v) is 6.92. The summed E-state index contributed by atoms with van der Waals surface area (Å²) in [6.07, 6.45) is 1.86. The van der Waals surface area contributed by atoms with Gasteiger partial charge < -0.3 is 4.90 Å². The Labute approximate surface area is 118 Å². The number of hydrogen-bond acceptors (Lipinski definition) is 4. The minimum atomic E-state index is -3.64. The lowest BCUT2D eigenvalue weighted by Crippen LogP contribution is -2.33. The van der Waals surface area contributed by atoms with E-state index in [0.29, 0.717) is 18.7 Å². The van der Waals surface area contributed by atoms with Gasteiger partial charge in [0.1, 0.15) is 5.75 Å². The number of hydrogen-bond donors (Lipinski definition) is 0. The molecule has 1 saturated heterocycles. The molecular weight excluding hydrogens is 278 g/mol. The monoisotopic (exact) mass is 295 g/mol. The molecule has 0 atom stereocenters. The fourth-order valence-corrected chi connectivity index (χ4v) is 3.43. The van der Waals surface area contributed by atoms with Gasteiger partial charge in [0, 0.05) is 18.7 Å². The fourth-order valence-electron chi connectivity index (χ4n) is 2.20. The zero-order chi connectivity index (χ0) is 14.8. The minimum absolute atomic E-state index is 0.0787. The fraction of sp³-hybridized carbons (Fsp3) is 0.429. The van der Waals surface area contributed by atoms with Crippen LogP contribution in [0.2, 0.25) is 0 Å². The van der Waals surface area contributed by atoms with Crippen molar-refractivity contribution in [1.29, 1.82) is 0 Å². The Hall–Kier alpha value is -1.69. The number of carbonyl (C=O) groups is 2. The smallest absolute Gasteiger partial charge is 0.238 e. The Morgan fingerprint density at radius 3 is 2.15 bits per heavy atom. The molecule has 1 aliphatic rings. The average molecular weight is 295 g/mol. The number of rotatable bonds is 4. The number of Topliss-reactive ketones (excluding diaryl/α,β-unsaturated/α-hetero) is 1. The number of benzene rings is 1. The van der Waals surface area contributed by atoms with Crippen LogP contribution in [-0.2, 0) is 14.6 Å². The number of amides is 1. The summed E-state index contributed by atoms with van der Waals surface area (Å²) >= 11 is 0. The maximum atomic E-state index is 12.1. The van der Waals surface area contributed by atoms with Gasteiger partial charge in [0.25, 0.3) is 0 Å². The van der Waals surface area contributed by atoms with Gasteiger partial charge in [0.2, 0.25) is 5.91 Å². The summed E-state index contributed by atoms with van der Waals surface area (Å²) in [5, 5.41) is 0. The first-order valence-corrected chi connectivity index (χ1v) is 8.17. The van der Waals surface area contributed by atoms with Gasteiger partial charge in [0.15, 0.2) is 15.6 Å². The van der Waals surface area contributed by atoms with E-state index in [4.69, 9.17) is 0 Å². The van der Waals surface area contributed by atoms with E-state index in [9.17, 15) is 18.0 Å². The highest BCUT2D eigenvalue weighted by Crippen LogP contribution is 2.15. The molecule has 1 aliphatic heterocycles. The second kappa shape index (κ2) is 5.75. The van der Waals surface area contributed by atoms with Crippen molar-refractivity contribution >= 4 is 21.5 Å². The molecule has 1 heterocycles. The van der Waals surface area contributed by atoms with Gasteiger partial charge in [0.05, 0.1) is 4.90 Å². The van der Waals surface area contributed by atoms with Gasteiger partial charge in [-0.15, -0.1) is 0 Å². The molecule has 1 fully saturated rings. The van der Waals surface area contributed by atoms with Crippen LogP contribution in [0.25, 0.3) is 0 Å². The van der Waals surface area contributed by atoms with Gasteiger partial charge in [-0.1, -0.05) is 12.1 Å². The standard InChI is InChI=1S/C14H17NO4S/c1-11(16)12-4-6-13(7-5-12)20(18,19)10-14(17)15-8-2-3-9-15/h4-7H,2-3,8-10H2,1H3. The first kappa shape index (κ1) is 14.7. The van der Waals surface area contributed by atoms with Crippen LogP contribution in [0.4, 0.5) is 0 Å². The van der Waals surface area contributed by atoms with Gasteiger partial charge in [-0.3, -0.25) is 9.59 Å². The summed E-state index contributed by atoms with van der Waals surface area (Å²) in [4.78, 5) is 24.7. The summed E-state index contributed by atoms with van der Waals surface area (Å²) in [7, 11) is -3.64. The predicted octanol–water partition coefficient (Wildman–Crippen LogP) is 1.29. The molecule has 1 aromatic rings. The number of nitrogens with zero attached hydrogens (tertiary/aromatic N) is 1. The predicted molar refractivity (Wildman–Crippen MR) is 74.3 cm³/mol. The number of likely N-dealkylation sites (tertiary alicyclic amines) is 1. The Morgan fingerprint density at radius 1 is 1.10 bits per heavy atom. The average Bonchev–Trinajstić information content (AvgIpc) is 2.92. The third-order valence-corrected chi connectivity index (χ3v) is 5.01. The van der Waals surface area contributed by atoms with E-state index in [0.717, 1.165) is 12.8 Å². The normalized spacial score (nSPS) is 15.3. The third-order valence-electron chi connectivity index (χ3n) is 3.39. The molecule has 6 heteroatoms. The van der Waals surface area contributed by atoms with Crippen molar-refractivity contribution < 1.29 is 18.0 Å². The molecule has 0 unspecified atom stereocenters. The number of carbonyl (C=O) groups excluding carboxylic acids is 2. The second-order valence-electron chi connectivity index (χ2n) is 4.93. The van der Waals surface area contributed by atoms with E-state index in [-0.39, 0.29) is 16.6 Å². The molecule has 5 nitrogen and oxygen atoms in total. The van der Waals surface area contributed by atoms with E-state index in [2.05, 4.69) is 0 Å². The largest absolute Gasteiger partial charge is 0.342 e. The minimum Gasteiger partial charge on any atom is -0.342 e. The van der Waals surface area contributed by atoms with Crippen molar-refractivity contribution in [2.75, 3.05) is 18.8 Å². The third kappa shape index (κ3) is 3.25. The molecule has 20 heavy (non-hydrogen) atoms. The molecule has 1 amide bonds. The Kier molecular flexibility index (Phi) is 4.23. The maximum absolute atomic E-state index is 12.1. The van der Waals surface area contributed by atoms with Crippen LogP contribution in [0.3, 0.4) is 0 Å². The van der Waals surface area contributed by atoms with Crippen LogP contribution in [-0.4, -0.2) is 43.9 Å². The van der Waals surface area contributed by atoms with E-state index >= 15 is 0 Å². The van der Waals surface area contributed by atoms with Gasteiger partial charge in [-0.25, -0.2) is 8.42 Å². The molecule has 0 N–H and O–H groups in total. The lowest BCUT2D eigenvalue weighted by atomic mass is 10.2. The summed E-state index contributed by atoms with van der Waals surface area (Å²) in [5.41, 5.74) is 0.454. The first-order valence-electron chi connectivity index (χ1n) is 6.52. The Bertz CT molecular complexity index is 613. The molecule has 2 rings (SSSR count). The lowest BCUT2D eigenvalue weighted by molar-refractivity contribution is -0.127. The summed E-state index contributed by atoms with van der Waals surface area (Å²) in [6, 6.07) is 5.69. The topological polar surface area (TPSA) is 71.5 Å². The quantitative estimate of drug-likeness (QED) is 0.785. The van der Waals surface area contributed by atoms with Crippen molar-refractivity contribution in [3.63, 3.8) is 0 Å². The van der Waals surface area contributed by atoms with Gasteiger partial charge >= 0.3 is 0 Å². The van der Waals surface area contributed by atoms with E-state index in [1.807, 2.05) is 0 Å². The molecule has 108 valence electrons. The summed E-state index contributed by atoms with van der Waals surface area (Å²) in [5.74, 6) is -0.980. The molecule has 1 aromatic carbocycles. The number of ketones is 1. The SMILES string of the molecule is CC(=O)c1ccc(S(=O)(=O)CC(=O)N2CCCC2)cc1. The van der Waals surface area contributed by atoms with Crippen molar-refractivity contribution in [1.82, 2.24) is 4.90 Å². The van der Waals surface area contributed by atoms with Crippen LogP contribution in [0, 0.1) is 0 Å². The van der Waals surface area contributed by atoms with Crippen LogP contribution in [0.15, 0.2) is 29.2 Å². The molecule has 0 radical (unpaired) electrons. The highest BCUT2D eigenvalue weighted by Gasteiger charge is 2.25. The van der Waals surface area contributed by atoms with Crippen molar-refractivity contribution in [3.05, 3.63) is 29.8 Å². The Morgan fingerprint density at radius 2 is 1.65 bits per heavy atom. The Balaban J connectivity index is 2.13. The zero-order valence-electron chi connectivity index (χ0n) is 11.3. The summed E-state index contributed by atoms with van der Waals surface area (Å²) < 4.78 is 24.3.